The lowest BCUT2D eigenvalue weighted by atomic mass is 9.98. The van der Waals surface area contributed by atoms with Crippen LogP contribution in [0.4, 0.5) is 0 Å². The van der Waals surface area contributed by atoms with E-state index in [1.54, 1.807) is 0 Å². The molecule has 0 fully saturated rings. The van der Waals surface area contributed by atoms with Crippen LogP contribution in [0.2, 0.25) is 0 Å². The Morgan fingerprint density at radius 2 is 1.53 bits per heavy atom. The van der Waals surface area contributed by atoms with Gasteiger partial charge >= 0.3 is 5.97 Å². The molecule has 0 spiro atoms. The van der Waals surface area contributed by atoms with E-state index in [0.29, 0.717) is 25.5 Å². The second kappa shape index (κ2) is 10.3. The lowest BCUT2D eigenvalue weighted by molar-refractivity contribution is 0.0515. The average Bonchev–Trinajstić information content (AvgIpc) is 3.21. The van der Waals surface area contributed by atoms with Crippen molar-refractivity contribution in [1.29, 1.82) is 0 Å². The summed E-state index contributed by atoms with van der Waals surface area (Å²) in [6, 6.07) is 29.0. The number of carbonyl (C=O) groups is 1. The van der Waals surface area contributed by atoms with Crippen molar-refractivity contribution in [3.63, 3.8) is 0 Å². The summed E-state index contributed by atoms with van der Waals surface area (Å²) < 4.78 is 13.9. The van der Waals surface area contributed by atoms with Gasteiger partial charge in [0, 0.05) is 28.4 Å². The number of para-hydroxylation sites is 1. The first kappa shape index (κ1) is 23.7. The fraction of sp³-hybridized carbons (Fsp3) is 0.219. The summed E-state index contributed by atoms with van der Waals surface area (Å²) in [5, 5.41) is 3.32. The van der Waals surface area contributed by atoms with E-state index in [9.17, 15) is 4.79 Å². The third-order valence-electron chi connectivity index (χ3n) is 6.48. The Morgan fingerprint density at radius 3 is 2.31 bits per heavy atom. The molecule has 0 amide bonds. The number of hydrogen-bond acceptors (Lipinski definition) is 3. The van der Waals surface area contributed by atoms with Crippen molar-refractivity contribution in [1.82, 2.24) is 4.57 Å². The Hall–Kier alpha value is -4.05. The molecule has 0 radical (unpaired) electrons. The van der Waals surface area contributed by atoms with Crippen molar-refractivity contribution in [2.45, 2.75) is 33.7 Å². The number of benzene rings is 4. The Kier molecular flexibility index (Phi) is 6.77. The summed E-state index contributed by atoms with van der Waals surface area (Å²) in [5.74, 6) is 0.588. The molecule has 182 valence electrons. The van der Waals surface area contributed by atoms with Crippen LogP contribution in [0.3, 0.4) is 0 Å². The number of rotatable bonds is 8. The molecule has 0 aliphatic heterocycles. The van der Waals surface area contributed by atoms with Gasteiger partial charge in [0.15, 0.2) is 0 Å². The highest BCUT2D eigenvalue weighted by Crippen LogP contribution is 2.37. The molecule has 4 aromatic carbocycles. The van der Waals surface area contributed by atoms with E-state index in [4.69, 9.17) is 9.47 Å². The van der Waals surface area contributed by atoms with Gasteiger partial charge in [-0.3, -0.25) is 0 Å². The van der Waals surface area contributed by atoms with Crippen molar-refractivity contribution in [2.75, 3.05) is 13.2 Å². The minimum absolute atomic E-state index is 0.294. The minimum Gasteiger partial charge on any atom is -0.493 e. The van der Waals surface area contributed by atoms with E-state index in [0.717, 1.165) is 45.0 Å². The molecule has 0 unspecified atom stereocenters. The number of fused-ring (bicyclic) bond motifs is 2. The number of aromatic nitrogens is 1. The Balaban J connectivity index is 1.50. The minimum atomic E-state index is -0.294. The van der Waals surface area contributed by atoms with Crippen LogP contribution >= 0.6 is 0 Å². The number of nitrogens with zero attached hydrogens (tertiary/aromatic N) is 1. The van der Waals surface area contributed by atoms with Gasteiger partial charge in [0.25, 0.3) is 0 Å². The fourth-order valence-corrected chi connectivity index (χ4v) is 5.08. The average molecular weight is 478 g/mol. The van der Waals surface area contributed by atoms with Gasteiger partial charge in [0.2, 0.25) is 0 Å². The van der Waals surface area contributed by atoms with E-state index < -0.39 is 0 Å². The van der Waals surface area contributed by atoms with E-state index in [1.165, 1.54) is 11.1 Å². The van der Waals surface area contributed by atoms with E-state index in [1.807, 2.05) is 43.3 Å². The quantitative estimate of drug-likeness (QED) is 0.170. The van der Waals surface area contributed by atoms with Gasteiger partial charge < -0.3 is 14.0 Å². The van der Waals surface area contributed by atoms with Crippen molar-refractivity contribution in [3.05, 3.63) is 102 Å². The molecule has 0 aliphatic rings. The maximum Gasteiger partial charge on any atom is 0.355 e. The summed E-state index contributed by atoms with van der Waals surface area (Å²) in [5.41, 5.74) is 5.94. The van der Waals surface area contributed by atoms with E-state index >= 15 is 0 Å². The molecule has 0 atom stereocenters. The summed E-state index contributed by atoms with van der Waals surface area (Å²) >= 11 is 0. The molecule has 4 nitrogen and oxygen atoms in total. The number of carbonyl (C=O) groups excluding carboxylic acids is 1. The fourth-order valence-electron chi connectivity index (χ4n) is 5.08. The van der Waals surface area contributed by atoms with Crippen LogP contribution in [0, 0.1) is 13.8 Å². The van der Waals surface area contributed by atoms with Gasteiger partial charge in [-0.15, -0.1) is 0 Å². The Labute approximate surface area is 212 Å². The highest BCUT2D eigenvalue weighted by molar-refractivity contribution is 6.08. The van der Waals surface area contributed by atoms with Crippen LogP contribution in [-0.4, -0.2) is 23.8 Å². The molecule has 5 rings (SSSR count). The smallest absolute Gasteiger partial charge is 0.355 e. The molecular formula is C32H31NO3. The number of ether oxygens (including phenoxy) is 2. The monoisotopic (exact) mass is 477 g/mol. The predicted molar refractivity (Wildman–Crippen MR) is 147 cm³/mol. The van der Waals surface area contributed by atoms with Crippen molar-refractivity contribution >= 4 is 27.6 Å². The SMILES string of the molecule is CCOC(=O)c1c(-c2cc(C)cc(C)c2)c2ccccc2n1CCCOc1cccc2ccccc12. The second-order valence-corrected chi connectivity index (χ2v) is 9.17. The molecule has 36 heavy (non-hydrogen) atoms. The van der Waals surface area contributed by atoms with Gasteiger partial charge in [-0.2, -0.15) is 0 Å². The third kappa shape index (κ3) is 4.59. The standard InChI is InChI=1S/C32H31NO3/c1-4-35-32(34)31-30(25-20-22(2)19-23(3)21-25)27-14-7-8-15-28(27)33(31)17-10-18-36-29-16-9-12-24-11-5-6-13-26(24)29/h5-9,11-16,19-21H,4,10,17-18H2,1-3H3. The molecule has 4 heteroatoms. The highest BCUT2D eigenvalue weighted by Gasteiger charge is 2.25. The molecule has 1 heterocycles. The van der Waals surface area contributed by atoms with Crippen LogP contribution in [0.25, 0.3) is 32.8 Å². The van der Waals surface area contributed by atoms with Gasteiger partial charge in [-0.1, -0.05) is 83.9 Å². The number of hydrogen-bond donors (Lipinski definition) is 0. The Bertz CT molecular complexity index is 1520. The molecule has 0 aliphatic carbocycles. The summed E-state index contributed by atoms with van der Waals surface area (Å²) in [4.78, 5) is 13.3. The van der Waals surface area contributed by atoms with Crippen LogP contribution in [0.1, 0.15) is 35.0 Å². The van der Waals surface area contributed by atoms with Gasteiger partial charge in [0.05, 0.1) is 13.2 Å². The summed E-state index contributed by atoms with van der Waals surface area (Å²) in [7, 11) is 0. The first-order chi connectivity index (χ1) is 17.6. The molecule has 0 bridgehead atoms. The van der Waals surface area contributed by atoms with Crippen LogP contribution in [0.5, 0.6) is 5.75 Å². The van der Waals surface area contributed by atoms with Crippen molar-refractivity contribution in [2.24, 2.45) is 0 Å². The topological polar surface area (TPSA) is 40.5 Å². The summed E-state index contributed by atoms with van der Waals surface area (Å²) in [6.07, 6.45) is 0.751. The van der Waals surface area contributed by atoms with Gasteiger partial charge in [0.1, 0.15) is 11.4 Å². The van der Waals surface area contributed by atoms with E-state index in [-0.39, 0.29) is 5.97 Å². The molecule has 0 N–H and O–H groups in total. The molecule has 0 saturated heterocycles. The molecular weight excluding hydrogens is 446 g/mol. The molecule has 1 aromatic heterocycles. The zero-order chi connectivity index (χ0) is 25.1. The zero-order valence-electron chi connectivity index (χ0n) is 21.1. The van der Waals surface area contributed by atoms with Crippen LogP contribution in [-0.2, 0) is 11.3 Å². The second-order valence-electron chi connectivity index (χ2n) is 9.17. The third-order valence-corrected chi connectivity index (χ3v) is 6.48. The van der Waals surface area contributed by atoms with Gasteiger partial charge in [-0.05, 0) is 50.3 Å². The van der Waals surface area contributed by atoms with Gasteiger partial charge in [-0.25, -0.2) is 4.79 Å². The predicted octanol–water partition coefficient (Wildman–Crippen LogP) is 7.72. The number of esters is 1. The normalized spacial score (nSPS) is 11.2. The Morgan fingerprint density at radius 1 is 0.833 bits per heavy atom. The zero-order valence-corrected chi connectivity index (χ0v) is 21.1. The van der Waals surface area contributed by atoms with Crippen LogP contribution in [0.15, 0.2) is 84.9 Å². The first-order valence-electron chi connectivity index (χ1n) is 12.5. The maximum absolute atomic E-state index is 13.3. The lowest BCUT2D eigenvalue weighted by Crippen LogP contribution is -2.15. The summed E-state index contributed by atoms with van der Waals surface area (Å²) in [6.45, 7) is 7.54. The lowest BCUT2D eigenvalue weighted by Gasteiger charge is -2.13. The molecule has 0 saturated carbocycles. The van der Waals surface area contributed by atoms with Crippen molar-refractivity contribution in [3.8, 4) is 16.9 Å². The van der Waals surface area contributed by atoms with Crippen molar-refractivity contribution < 1.29 is 14.3 Å². The largest absolute Gasteiger partial charge is 0.493 e. The highest BCUT2D eigenvalue weighted by atomic mass is 16.5. The molecule has 5 aromatic rings. The maximum atomic E-state index is 13.3. The first-order valence-corrected chi connectivity index (χ1v) is 12.5. The van der Waals surface area contributed by atoms with Crippen LogP contribution < -0.4 is 4.74 Å². The number of aryl methyl sites for hydroxylation is 3. The van der Waals surface area contributed by atoms with E-state index in [2.05, 4.69) is 66.9 Å².